The molecule has 5 rings (SSSR count). The Morgan fingerprint density at radius 3 is 2.41 bits per heavy atom. The Hall–Kier alpha value is -3.72. The number of amides is 3. The molecular weight excluding hydrogens is 490 g/mol. The van der Waals surface area contributed by atoms with E-state index in [1.54, 1.807) is 30.3 Å². The number of carbonyl (C=O) groups excluding carboxylic acids is 2. The van der Waals surface area contributed by atoms with E-state index in [0.29, 0.717) is 34.2 Å². The molecule has 3 aromatic rings. The molecule has 2 heterocycles. The molecule has 3 aromatic carbocycles. The number of benzene rings is 3. The number of likely N-dealkylation sites (tertiary alicyclic amines) is 1. The number of nitrogens with zero attached hydrogens (tertiary/aromatic N) is 3. The van der Waals surface area contributed by atoms with Crippen molar-refractivity contribution in [1.29, 1.82) is 0 Å². The van der Waals surface area contributed by atoms with Crippen LogP contribution in [0.4, 0.5) is 16.2 Å². The van der Waals surface area contributed by atoms with Crippen LogP contribution in [-0.2, 0) is 4.79 Å². The average Bonchev–Trinajstić information content (AvgIpc) is 3.38. The first-order chi connectivity index (χ1) is 18.0. The van der Waals surface area contributed by atoms with E-state index in [4.69, 9.17) is 16.6 Å². The Morgan fingerprint density at radius 1 is 1.00 bits per heavy atom. The lowest BCUT2D eigenvalue weighted by Crippen LogP contribution is -2.54. The Morgan fingerprint density at radius 2 is 1.68 bits per heavy atom. The van der Waals surface area contributed by atoms with Crippen molar-refractivity contribution in [3.05, 3.63) is 95.0 Å². The molecule has 37 heavy (non-hydrogen) atoms. The zero-order valence-electron chi connectivity index (χ0n) is 20.2. The summed E-state index contributed by atoms with van der Waals surface area (Å²) in [5.41, 5.74) is 3.11. The highest BCUT2D eigenvalue weighted by atomic mass is 35.5. The molecule has 0 spiro atoms. The maximum Gasteiger partial charge on any atom is 0.321 e. The van der Waals surface area contributed by atoms with Gasteiger partial charge in [0.15, 0.2) is 0 Å². The third kappa shape index (κ3) is 5.67. The first-order valence-electron chi connectivity index (χ1n) is 12.3. The van der Waals surface area contributed by atoms with E-state index in [2.05, 4.69) is 15.5 Å². The summed E-state index contributed by atoms with van der Waals surface area (Å²) >= 11 is 5.94. The number of urea groups is 1. The number of hydrogen-bond donors (Lipinski definition) is 3. The molecule has 3 N–H and O–H groups in total. The zero-order valence-corrected chi connectivity index (χ0v) is 20.9. The van der Waals surface area contributed by atoms with Gasteiger partial charge in [0.1, 0.15) is 6.23 Å². The predicted molar refractivity (Wildman–Crippen MR) is 145 cm³/mol. The summed E-state index contributed by atoms with van der Waals surface area (Å²) in [5.74, 6) is -0.517. The van der Waals surface area contributed by atoms with Crippen LogP contribution in [0, 0.1) is 0 Å². The molecule has 1 fully saturated rings. The van der Waals surface area contributed by atoms with Crippen molar-refractivity contribution >= 4 is 40.6 Å². The molecule has 0 aromatic heterocycles. The lowest BCUT2D eigenvalue weighted by molar-refractivity contribution is -0.122. The van der Waals surface area contributed by atoms with E-state index < -0.39 is 24.3 Å². The third-order valence-corrected chi connectivity index (χ3v) is 6.74. The second kappa shape index (κ2) is 11.1. The Balaban J connectivity index is 1.51. The van der Waals surface area contributed by atoms with E-state index in [1.165, 1.54) is 4.90 Å². The summed E-state index contributed by atoms with van der Waals surface area (Å²) < 4.78 is 0. The van der Waals surface area contributed by atoms with Gasteiger partial charge in [-0.3, -0.25) is 14.6 Å². The second-order valence-corrected chi connectivity index (χ2v) is 9.50. The zero-order chi connectivity index (χ0) is 25.8. The number of rotatable bonds is 6. The molecule has 0 bridgehead atoms. The van der Waals surface area contributed by atoms with Gasteiger partial charge in [0.25, 0.3) is 5.91 Å². The van der Waals surface area contributed by atoms with Crippen LogP contribution >= 0.6 is 11.6 Å². The van der Waals surface area contributed by atoms with Crippen molar-refractivity contribution in [3.63, 3.8) is 0 Å². The number of carbonyl (C=O) groups is 2. The van der Waals surface area contributed by atoms with Crippen molar-refractivity contribution < 1.29 is 14.7 Å². The van der Waals surface area contributed by atoms with E-state index >= 15 is 0 Å². The quantitative estimate of drug-likeness (QED) is 0.459. The molecular formula is C28H28ClN5O3. The highest BCUT2D eigenvalue weighted by Crippen LogP contribution is 2.30. The number of fused-ring (bicyclic) bond motifs is 1. The number of aliphatic imine (C=N–C) groups is 1. The van der Waals surface area contributed by atoms with Crippen molar-refractivity contribution in [2.24, 2.45) is 4.99 Å². The number of β-amino-alcohol motifs (C(OH)–C–C–N with tert-alkyl or cyclic N) is 1. The molecule has 2 aliphatic heterocycles. The fourth-order valence-electron chi connectivity index (χ4n) is 4.72. The highest BCUT2D eigenvalue weighted by Gasteiger charge is 2.37. The van der Waals surface area contributed by atoms with Crippen molar-refractivity contribution in [1.82, 2.24) is 10.2 Å². The van der Waals surface area contributed by atoms with E-state index in [-0.39, 0.29) is 0 Å². The molecule has 190 valence electrons. The van der Waals surface area contributed by atoms with Gasteiger partial charge < -0.3 is 15.7 Å². The van der Waals surface area contributed by atoms with E-state index in [9.17, 15) is 14.7 Å². The lowest BCUT2D eigenvalue weighted by atomic mass is 10.00. The van der Waals surface area contributed by atoms with Crippen molar-refractivity contribution in [3.8, 4) is 0 Å². The fraction of sp³-hybridized carbons (Fsp3) is 0.250. The maximum absolute atomic E-state index is 13.9. The molecule has 0 saturated carbocycles. The monoisotopic (exact) mass is 517 g/mol. The van der Waals surface area contributed by atoms with Crippen LogP contribution in [0.3, 0.4) is 0 Å². The van der Waals surface area contributed by atoms with Gasteiger partial charge in [-0.1, -0.05) is 60.1 Å². The Labute approximate surface area is 220 Å². The molecule has 0 radical (unpaired) electrons. The number of anilines is 2. The highest BCUT2D eigenvalue weighted by molar-refractivity contribution is 6.30. The van der Waals surface area contributed by atoms with Crippen LogP contribution in [-0.4, -0.2) is 59.7 Å². The molecule has 2 aliphatic rings. The molecule has 0 aliphatic carbocycles. The van der Waals surface area contributed by atoms with Gasteiger partial charge in [0, 0.05) is 28.4 Å². The lowest BCUT2D eigenvalue weighted by Gasteiger charge is -2.32. The molecule has 1 saturated heterocycles. The molecule has 1 unspecified atom stereocenters. The summed E-state index contributed by atoms with van der Waals surface area (Å²) in [7, 11) is 0. The van der Waals surface area contributed by atoms with Crippen molar-refractivity contribution in [2.45, 2.75) is 25.2 Å². The smallest absolute Gasteiger partial charge is 0.321 e. The molecule has 3 amide bonds. The van der Waals surface area contributed by atoms with Crippen LogP contribution in [0.25, 0.3) is 0 Å². The topological polar surface area (TPSA) is 97.3 Å². The van der Waals surface area contributed by atoms with Gasteiger partial charge in [-0.15, -0.1) is 0 Å². The van der Waals surface area contributed by atoms with Crippen LogP contribution < -0.4 is 15.5 Å². The van der Waals surface area contributed by atoms with Crippen molar-refractivity contribution in [2.75, 3.05) is 29.9 Å². The second-order valence-electron chi connectivity index (χ2n) is 9.07. The summed E-state index contributed by atoms with van der Waals surface area (Å²) in [6, 6.07) is 22.9. The molecule has 2 atom stereocenters. The minimum atomic E-state index is -1.26. The number of aliphatic hydroxyl groups excluding tert-OH is 1. The van der Waals surface area contributed by atoms with E-state index in [0.717, 1.165) is 31.5 Å². The number of nitrogens with one attached hydrogen (secondary N) is 2. The van der Waals surface area contributed by atoms with Crippen LogP contribution in [0.2, 0.25) is 5.02 Å². The molecule has 9 heteroatoms. The SMILES string of the molecule is O=C(Nc1ccc(Cl)cc1)NC1N=C(c2ccccc2)c2ccccc2N([C@@H](O)CN2CCCC2)C1=O. The van der Waals surface area contributed by atoms with Gasteiger partial charge in [-0.05, 0) is 56.3 Å². The third-order valence-electron chi connectivity index (χ3n) is 6.48. The number of halogens is 1. The van der Waals surface area contributed by atoms with Gasteiger partial charge >= 0.3 is 6.03 Å². The number of benzodiazepines with no additional fused rings is 1. The first kappa shape index (κ1) is 25.0. The van der Waals surface area contributed by atoms with Crippen LogP contribution in [0.15, 0.2) is 83.9 Å². The maximum atomic E-state index is 13.9. The number of aliphatic hydroxyl groups is 1. The fourth-order valence-corrected chi connectivity index (χ4v) is 4.84. The number of para-hydroxylation sites is 1. The standard InChI is InChI=1S/C28H28ClN5O3/c29-20-12-14-21(15-13-20)30-28(37)32-26-27(36)34(24(35)18-33-16-6-7-17-33)23-11-5-4-10-22(23)25(31-26)19-8-2-1-3-9-19/h1-5,8-15,24,26,35H,6-7,16-18H2,(H2,30,32,37)/t24-,26?/m0/s1. The first-order valence-corrected chi connectivity index (χ1v) is 12.7. The summed E-state index contributed by atoms with van der Waals surface area (Å²) in [4.78, 5) is 35.1. The molecule has 8 nitrogen and oxygen atoms in total. The Kier molecular flexibility index (Phi) is 7.50. The van der Waals surface area contributed by atoms with Gasteiger partial charge in [-0.25, -0.2) is 9.79 Å². The summed E-state index contributed by atoms with van der Waals surface area (Å²) in [5, 5.41) is 17.3. The van der Waals surface area contributed by atoms with Gasteiger partial charge in [0.2, 0.25) is 6.17 Å². The summed E-state index contributed by atoms with van der Waals surface area (Å²) in [6.45, 7) is 2.06. The predicted octanol–water partition coefficient (Wildman–Crippen LogP) is 4.09. The van der Waals surface area contributed by atoms with Crippen LogP contribution in [0.1, 0.15) is 24.0 Å². The Bertz CT molecular complexity index is 1290. The number of hydrogen-bond acceptors (Lipinski definition) is 5. The van der Waals surface area contributed by atoms with Gasteiger partial charge in [0.05, 0.1) is 11.4 Å². The van der Waals surface area contributed by atoms with Gasteiger partial charge in [-0.2, -0.15) is 0 Å². The average molecular weight is 518 g/mol. The van der Waals surface area contributed by atoms with E-state index in [1.807, 2.05) is 48.5 Å². The normalized spacial score (nSPS) is 18.5. The summed E-state index contributed by atoms with van der Waals surface area (Å²) in [6.07, 6.45) is -0.245. The largest absolute Gasteiger partial charge is 0.372 e. The minimum Gasteiger partial charge on any atom is -0.372 e. The van der Waals surface area contributed by atoms with Crippen LogP contribution in [0.5, 0.6) is 0 Å². The minimum absolute atomic E-state index is 0.310.